The van der Waals surface area contributed by atoms with Gasteiger partial charge in [-0.15, -0.1) is 11.6 Å². The Bertz CT molecular complexity index is 116. The quantitative estimate of drug-likeness (QED) is 0.337. The second kappa shape index (κ2) is 2.06. The fourth-order valence-corrected chi connectivity index (χ4v) is 0.861. The molecule has 0 amide bonds. The van der Waals surface area contributed by atoms with Crippen molar-refractivity contribution in [1.82, 2.24) is 0 Å². The summed E-state index contributed by atoms with van der Waals surface area (Å²) >= 11 is 5.08. The summed E-state index contributed by atoms with van der Waals surface area (Å²) in [7, 11) is 0. The van der Waals surface area contributed by atoms with Gasteiger partial charge in [-0.2, -0.15) is 0 Å². The highest BCUT2D eigenvalue weighted by molar-refractivity contribution is 6.61. The van der Waals surface area contributed by atoms with Crippen LogP contribution in [0.5, 0.6) is 0 Å². The SMILES string of the molecule is F[B-](F)(F)C1OC1CCl. The molecule has 1 heterocycles. The number of epoxide rings is 1. The topological polar surface area (TPSA) is 12.5 Å². The molecule has 0 saturated carbocycles. The van der Waals surface area contributed by atoms with E-state index in [1.165, 1.54) is 0 Å². The molecule has 1 fully saturated rings. The van der Waals surface area contributed by atoms with E-state index in [1.807, 2.05) is 0 Å². The Balaban J connectivity index is 2.33. The minimum atomic E-state index is -4.80. The number of ether oxygens (including phenoxy) is 1. The van der Waals surface area contributed by atoms with Crippen molar-refractivity contribution in [3.05, 3.63) is 0 Å². The molecule has 0 bridgehead atoms. The van der Waals surface area contributed by atoms with Gasteiger partial charge in [-0.3, -0.25) is 0 Å². The zero-order chi connectivity index (χ0) is 7.07. The van der Waals surface area contributed by atoms with Crippen LogP contribution < -0.4 is 0 Å². The fourth-order valence-electron chi connectivity index (χ4n) is 0.613. The molecule has 2 unspecified atom stereocenters. The van der Waals surface area contributed by atoms with Gasteiger partial charge in [-0.25, -0.2) is 0 Å². The lowest BCUT2D eigenvalue weighted by Gasteiger charge is -2.07. The molecule has 0 aliphatic carbocycles. The maximum atomic E-state index is 11.6. The summed E-state index contributed by atoms with van der Waals surface area (Å²) in [6, 6.07) is -1.54. The van der Waals surface area contributed by atoms with Crippen molar-refractivity contribution in [2.24, 2.45) is 0 Å². The van der Waals surface area contributed by atoms with E-state index >= 15 is 0 Å². The monoisotopic (exact) mass is 159 g/mol. The summed E-state index contributed by atoms with van der Waals surface area (Å²) in [6.45, 7) is -4.80. The molecule has 0 radical (unpaired) electrons. The summed E-state index contributed by atoms with van der Waals surface area (Å²) in [4.78, 5) is 0. The molecular weight excluding hydrogens is 155 g/mol. The Labute approximate surface area is 55.2 Å². The van der Waals surface area contributed by atoms with Gasteiger partial charge in [0.25, 0.3) is 0 Å². The minimum absolute atomic E-state index is 0.0636. The molecule has 1 nitrogen and oxygen atoms in total. The second-order valence-corrected chi connectivity index (χ2v) is 2.23. The van der Waals surface area contributed by atoms with Gasteiger partial charge in [-0.1, -0.05) is 0 Å². The lowest BCUT2D eigenvalue weighted by Crippen LogP contribution is -2.26. The minimum Gasteiger partial charge on any atom is -0.447 e. The standard InChI is InChI=1S/C3H4BClF3O/c5-1-2-3(9-2)4(6,7)8/h2-3H,1H2/q-1. The molecule has 9 heavy (non-hydrogen) atoms. The van der Waals surface area contributed by atoms with Gasteiger partial charge in [0, 0.05) is 5.88 Å². The average Bonchev–Trinajstić information content (AvgIpc) is 2.39. The zero-order valence-electron chi connectivity index (χ0n) is 4.36. The maximum absolute atomic E-state index is 11.6. The predicted molar refractivity (Wildman–Crippen MR) is 28.5 cm³/mol. The third-order valence-electron chi connectivity index (χ3n) is 1.15. The largest absolute Gasteiger partial charge is 0.509 e. The van der Waals surface area contributed by atoms with Crippen LogP contribution in [-0.4, -0.2) is 25.0 Å². The number of halogens is 4. The third-order valence-corrected chi connectivity index (χ3v) is 1.45. The number of hydrogen-bond acceptors (Lipinski definition) is 1. The summed E-state index contributed by atoms with van der Waals surface area (Å²) in [5.41, 5.74) is 0. The molecule has 1 aliphatic heterocycles. The van der Waals surface area contributed by atoms with E-state index in [0.717, 1.165) is 0 Å². The molecule has 0 aromatic carbocycles. The van der Waals surface area contributed by atoms with Gasteiger partial charge in [0.05, 0.1) is 12.1 Å². The Kier molecular flexibility index (Phi) is 1.65. The van der Waals surface area contributed by atoms with Gasteiger partial charge < -0.3 is 17.7 Å². The molecule has 0 aromatic heterocycles. The van der Waals surface area contributed by atoms with E-state index in [1.54, 1.807) is 0 Å². The van der Waals surface area contributed by atoms with Gasteiger partial charge >= 0.3 is 6.98 Å². The van der Waals surface area contributed by atoms with Crippen LogP contribution >= 0.6 is 11.6 Å². The summed E-state index contributed by atoms with van der Waals surface area (Å²) in [6.07, 6.45) is -0.772. The number of alkyl halides is 1. The lowest BCUT2D eigenvalue weighted by molar-refractivity contribution is 0.361. The Morgan fingerprint density at radius 3 is 2.11 bits per heavy atom. The van der Waals surface area contributed by atoms with Crippen LogP contribution in [0.2, 0.25) is 0 Å². The first kappa shape index (κ1) is 7.21. The highest BCUT2D eigenvalue weighted by atomic mass is 35.5. The van der Waals surface area contributed by atoms with Crippen LogP contribution in [0.25, 0.3) is 0 Å². The molecule has 54 valence electrons. The van der Waals surface area contributed by atoms with Crippen LogP contribution in [0.15, 0.2) is 0 Å². The number of hydrogen-bond donors (Lipinski definition) is 0. The highest BCUT2D eigenvalue weighted by Gasteiger charge is 2.52. The molecule has 0 spiro atoms. The number of rotatable bonds is 2. The molecule has 0 N–H and O–H groups in total. The Morgan fingerprint density at radius 1 is 1.44 bits per heavy atom. The third kappa shape index (κ3) is 1.52. The molecule has 0 aromatic rings. The summed E-state index contributed by atoms with van der Waals surface area (Å²) in [5.74, 6) is -0.0636. The summed E-state index contributed by atoms with van der Waals surface area (Å²) in [5, 5.41) is 0. The highest BCUT2D eigenvalue weighted by Crippen LogP contribution is 2.34. The first-order valence-electron chi connectivity index (χ1n) is 2.47. The lowest BCUT2D eigenvalue weighted by atomic mass is 9.84. The van der Waals surface area contributed by atoms with Gasteiger partial charge in [0.2, 0.25) is 0 Å². The average molecular weight is 159 g/mol. The molecule has 1 aliphatic rings. The van der Waals surface area contributed by atoms with Gasteiger partial charge in [-0.05, 0) is 0 Å². The van der Waals surface area contributed by atoms with E-state index in [0.29, 0.717) is 0 Å². The van der Waals surface area contributed by atoms with Gasteiger partial charge in [0.15, 0.2) is 0 Å². The molecule has 2 atom stereocenters. The maximum Gasteiger partial charge on any atom is 0.509 e. The predicted octanol–water partition coefficient (Wildman–Crippen LogP) is 1.38. The van der Waals surface area contributed by atoms with Crippen molar-refractivity contribution in [2.75, 3.05) is 5.88 Å². The smallest absolute Gasteiger partial charge is 0.447 e. The van der Waals surface area contributed by atoms with Crippen molar-refractivity contribution in [2.45, 2.75) is 12.1 Å². The second-order valence-electron chi connectivity index (χ2n) is 1.92. The first-order valence-corrected chi connectivity index (χ1v) is 3.00. The molecule has 1 saturated heterocycles. The van der Waals surface area contributed by atoms with E-state index in [-0.39, 0.29) is 5.88 Å². The van der Waals surface area contributed by atoms with Crippen LogP contribution in [0, 0.1) is 0 Å². The van der Waals surface area contributed by atoms with E-state index in [4.69, 9.17) is 11.6 Å². The van der Waals surface area contributed by atoms with E-state index < -0.39 is 19.1 Å². The van der Waals surface area contributed by atoms with Crippen LogP contribution in [0.1, 0.15) is 0 Å². The molecular formula is C3H4BClF3O-. The summed E-state index contributed by atoms with van der Waals surface area (Å²) < 4.78 is 38.9. The fraction of sp³-hybridized carbons (Fsp3) is 1.00. The van der Waals surface area contributed by atoms with Gasteiger partial charge in [0.1, 0.15) is 0 Å². The first-order chi connectivity index (χ1) is 4.05. The Morgan fingerprint density at radius 2 is 2.00 bits per heavy atom. The normalized spacial score (nSPS) is 34.7. The zero-order valence-corrected chi connectivity index (χ0v) is 5.12. The van der Waals surface area contributed by atoms with Crippen molar-refractivity contribution in [3.8, 4) is 0 Å². The van der Waals surface area contributed by atoms with Crippen molar-refractivity contribution < 1.29 is 17.7 Å². The van der Waals surface area contributed by atoms with Crippen LogP contribution in [0.4, 0.5) is 12.9 Å². The van der Waals surface area contributed by atoms with Crippen molar-refractivity contribution in [1.29, 1.82) is 0 Å². The van der Waals surface area contributed by atoms with E-state index in [2.05, 4.69) is 4.74 Å². The molecule has 1 rings (SSSR count). The van der Waals surface area contributed by atoms with Crippen molar-refractivity contribution >= 4 is 18.6 Å². The van der Waals surface area contributed by atoms with E-state index in [9.17, 15) is 12.9 Å². The van der Waals surface area contributed by atoms with Crippen LogP contribution in [0.3, 0.4) is 0 Å². The van der Waals surface area contributed by atoms with Crippen LogP contribution in [-0.2, 0) is 4.74 Å². The Hall–Kier alpha value is 0.105. The van der Waals surface area contributed by atoms with Crippen molar-refractivity contribution in [3.63, 3.8) is 0 Å². The molecule has 6 heteroatoms.